The number of benzene rings is 1. The lowest BCUT2D eigenvalue weighted by atomic mass is 9.94. The second kappa shape index (κ2) is 7.05. The van der Waals surface area contributed by atoms with Gasteiger partial charge in [-0.3, -0.25) is 4.79 Å². The molecule has 4 heteroatoms. The van der Waals surface area contributed by atoms with E-state index in [1.807, 2.05) is 12.1 Å². The number of carbonyl (C=O) groups excluding carboxylic acids is 1. The molecule has 1 aromatic rings. The van der Waals surface area contributed by atoms with E-state index in [9.17, 15) is 4.79 Å². The van der Waals surface area contributed by atoms with Gasteiger partial charge in [-0.15, -0.1) is 0 Å². The normalized spacial score (nSPS) is 24.2. The Morgan fingerprint density at radius 3 is 2.33 bits per heavy atom. The second-order valence-corrected chi connectivity index (χ2v) is 8.02. The van der Waals surface area contributed by atoms with Crippen molar-refractivity contribution in [3.63, 3.8) is 0 Å². The van der Waals surface area contributed by atoms with E-state index in [1.165, 1.54) is 32.4 Å². The van der Waals surface area contributed by atoms with E-state index in [0.717, 1.165) is 52.3 Å². The van der Waals surface area contributed by atoms with Crippen molar-refractivity contribution in [3.05, 3.63) is 28.3 Å². The molecule has 0 aromatic heterocycles. The van der Waals surface area contributed by atoms with Crippen molar-refractivity contribution in [2.75, 3.05) is 31.1 Å². The van der Waals surface area contributed by atoms with Gasteiger partial charge in [0.05, 0.1) is 19.6 Å². The molecule has 2 saturated heterocycles. The lowest BCUT2D eigenvalue weighted by Gasteiger charge is -2.49. The van der Waals surface area contributed by atoms with E-state index in [0.29, 0.717) is 5.91 Å². The Hall–Kier alpha value is -1.06. The molecule has 0 N–H and O–H groups in total. The fourth-order valence-electron chi connectivity index (χ4n) is 4.91. The third kappa shape index (κ3) is 3.09. The number of amides is 1. The van der Waals surface area contributed by atoms with Gasteiger partial charge in [0.25, 0.3) is 5.91 Å². The Morgan fingerprint density at radius 1 is 1.12 bits per heavy atom. The molecule has 2 heterocycles. The number of quaternary nitrogens is 1. The molecule has 132 valence electrons. The molecule has 1 aromatic carbocycles. The van der Waals surface area contributed by atoms with Gasteiger partial charge in [-0.2, -0.15) is 0 Å². The number of piperidine rings is 2. The number of hydrogen-bond acceptors (Lipinski definition) is 1. The smallest absolute Gasteiger partial charge is 0.285 e. The van der Waals surface area contributed by atoms with Gasteiger partial charge in [0.15, 0.2) is 6.04 Å². The highest BCUT2D eigenvalue weighted by Gasteiger charge is 2.45. The maximum Gasteiger partial charge on any atom is 0.285 e. The van der Waals surface area contributed by atoms with Gasteiger partial charge in [0.2, 0.25) is 0 Å². The van der Waals surface area contributed by atoms with Gasteiger partial charge in [-0.1, -0.05) is 11.6 Å². The minimum Gasteiger partial charge on any atom is -0.314 e. The minimum atomic E-state index is 0.138. The van der Waals surface area contributed by atoms with E-state index in [-0.39, 0.29) is 6.04 Å². The van der Waals surface area contributed by atoms with E-state index in [2.05, 4.69) is 25.7 Å². The summed E-state index contributed by atoms with van der Waals surface area (Å²) in [7, 11) is 0. The summed E-state index contributed by atoms with van der Waals surface area (Å²) in [4.78, 5) is 15.5. The Bertz CT molecular complexity index is 599. The van der Waals surface area contributed by atoms with Crippen molar-refractivity contribution in [2.24, 2.45) is 0 Å². The van der Waals surface area contributed by atoms with Crippen LogP contribution in [0.15, 0.2) is 12.1 Å². The van der Waals surface area contributed by atoms with Gasteiger partial charge >= 0.3 is 0 Å². The molecule has 2 aliphatic rings. The Morgan fingerprint density at radius 2 is 1.75 bits per heavy atom. The highest BCUT2D eigenvalue weighted by atomic mass is 35.5. The molecule has 0 aliphatic carbocycles. The van der Waals surface area contributed by atoms with Crippen LogP contribution < -0.4 is 4.90 Å². The highest BCUT2D eigenvalue weighted by molar-refractivity contribution is 6.30. The zero-order valence-electron chi connectivity index (χ0n) is 15.3. The summed E-state index contributed by atoms with van der Waals surface area (Å²) < 4.78 is 1.00. The van der Waals surface area contributed by atoms with Crippen LogP contribution in [0.2, 0.25) is 5.02 Å². The molecule has 1 amide bonds. The van der Waals surface area contributed by atoms with Gasteiger partial charge in [-0.05, 0) is 69.7 Å². The summed E-state index contributed by atoms with van der Waals surface area (Å²) in [5, 5.41) is 0.753. The van der Waals surface area contributed by atoms with Crippen LogP contribution in [0.1, 0.15) is 50.2 Å². The molecule has 0 bridgehead atoms. The van der Waals surface area contributed by atoms with Gasteiger partial charge < -0.3 is 9.38 Å². The first-order chi connectivity index (χ1) is 11.5. The third-order valence-corrected chi connectivity index (χ3v) is 6.35. The van der Waals surface area contributed by atoms with Crippen LogP contribution in [0.3, 0.4) is 0 Å². The summed E-state index contributed by atoms with van der Waals surface area (Å²) in [6.45, 7) is 10.6. The lowest BCUT2D eigenvalue weighted by Crippen LogP contribution is -2.65. The monoisotopic (exact) mass is 349 g/mol. The number of anilines is 1. The van der Waals surface area contributed by atoms with Crippen molar-refractivity contribution in [3.8, 4) is 0 Å². The molecule has 0 spiro atoms. The summed E-state index contributed by atoms with van der Waals surface area (Å²) >= 11 is 6.19. The number of halogens is 1. The van der Waals surface area contributed by atoms with Crippen molar-refractivity contribution < 1.29 is 9.28 Å². The minimum absolute atomic E-state index is 0.138. The van der Waals surface area contributed by atoms with Crippen LogP contribution in [-0.4, -0.2) is 42.6 Å². The number of aryl methyl sites for hydroxylation is 2. The van der Waals surface area contributed by atoms with Crippen LogP contribution in [0.4, 0.5) is 5.69 Å². The molecule has 1 unspecified atom stereocenters. The fraction of sp³-hybridized carbons (Fsp3) is 0.650. The number of likely N-dealkylation sites (N-methyl/N-ethyl adjacent to an activating group) is 1. The van der Waals surface area contributed by atoms with E-state index >= 15 is 0 Å². The van der Waals surface area contributed by atoms with Crippen LogP contribution in [-0.2, 0) is 4.79 Å². The number of hydrogen-bond donors (Lipinski definition) is 0. The van der Waals surface area contributed by atoms with Crippen molar-refractivity contribution in [1.82, 2.24) is 0 Å². The first-order valence-corrected chi connectivity index (χ1v) is 9.80. The van der Waals surface area contributed by atoms with Crippen molar-refractivity contribution in [2.45, 2.75) is 58.9 Å². The summed E-state index contributed by atoms with van der Waals surface area (Å²) in [6.07, 6.45) is 5.97. The molecule has 1 atom stereocenters. The van der Waals surface area contributed by atoms with Crippen LogP contribution in [0.25, 0.3) is 0 Å². The molecule has 3 nitrogen and oxygen atoms in total. The average Bonchev–Trinajstić information content (AvgIpc) is 2.56. The van der Waals surface area contributed by atoms with Crippen LogP contribution >= 0.6 is 11.6 Å². The number of nitrogens with zero attached hydrogens (tertiary/aromatic N) is 2. The van der Waals surface area contributed by atoms with Gasteiger partial charge in [0.1, 0.15) is 0 Å². The first kappa shape index (κ1) is 17.8. The standard InChI is InChI=1S/C20H30ClN2O/c1-4-23(11-6-5-7-12-23)18-9-8-10-22(20(18)24)19-15(2)13-17(21)14-16(19)3/h13-14,18H,4-12H2,1-3H3/q+1. The molecule has 2 aliphatic heterocycles. The SMILES string of the molecule is CC[N+]1(C2CCCN(c3c(C)cc(Cl)cc3C)C2=O)CCCCC1. The van der Waals surface area contributed by atoms with Crippen LogP contribution in [0, 0.1) is 13.8 Å². The molecule has 2 fully saturated rings. The maximum absolute atomic E-state index is 13.5. The lowest BCUT2D eigenvalue weighted by molar-refractivity contribution is -0.945. The summed E-state index contributed by atoms with van der Waals surface area (Å²) in [5.74, 6) is 0.332. The Kier molecular flexibility index (Phi) is 5.22. The molecule has 0 radical (unpaired) electrons. The van der Waals surface area contributed by atoms with E-state index in [1.54, 1.807) is 0 Å². The largest absolute Gasteiger partial charge is 0.314 e. The number of rotatable bonds is 3. The molecule has 24 heavy (non-hydrogen) atoms. The van der Waals surface area contributed by atoms with E-state index < -0.39 is 0 Å². The zero-order valence-corrected chi connectivity index (χ0v) is 16.0. The fourth-order valence-corrected chi connectivity index (χ4v) is 5.23. The quantitative estimate of drug-likeness (QED) is 0.737. The third-order valence-electron chi connectivity index (χ3n) is 6.13. The highest BCUT2D eigenvalue weighted by Crippen LogP contribution is 2.35. The van der Waals surface area contributed by atoms with Gasteiger partial charge in [-0.25, -0.2) is 0 Å². The Labute approximate surface area is 151 Å². The van der Waals surface area contributed by atoms with Crippen molar-refractivity contribution >= 4 is 23.2 Å². The predicted molar refractivity (Wildman–Crippen MR) is 101 cm³/mol. The average molecular weight is 350 g/mol. The molecular weight excluding hydrogens is 320 g/mol. The predicted octanol–water partition coefficient (Wildman–Crippen LogP) is 4.47. The molecule has 0 saturated carbocycles. The molecule has 3 rings (SSSR count). The zero-order chi connectivity index (χ0) is 17.3. The summed E-state index contributed by atoms with van der Waals surface area (Å²) in [6, 6.07) is 4.09. The molecular formula is C20H30ClN2O+. The topological polar surface area (TPSA) is 20.3 Å². The van der Waals surface area contributed by atoms with Crippen molar-refractivity contribution in [1.29, 1.82) is 0 Å². The number of likely N-dealkylation sites (tertiary alicyclic amines) is 1. The Balaban J connectivity index is 1.93. The second-order valence-electron chi connectivity index (χ2n) is 7.58. The first-order valence-electron chi connectivity index (χ1n) is 9.42. The van der Waals surface area contributed by atoms with E-state index in [4.69, 9.17) is 11.6 Å². The summed E-state index contributed by atoms with van der Waals surface area (Å²) in [5.41, 5.74) is 3.30. The number of carbonyl (C=O) groups is 1. The van der Waals surface area contributed by atoms with Crippen LogP contribution in [0.5, 0.6) is 0 Å². The van der Waals surface area contributed by atoms with Gasteiger partial charge in [0, 0.05) is 23.7 Å². The maximum atomic E-state index is 13.5.